The molecule has 2 aliphatic heterocycles. The van der Waals surface area contributed by atoms with E-state index in [1.165, 1.54) is 25.3 Å². The number of rotatable bonds is 8. The number of aliphatic hydroxyl groups is 6. The van der Waals surface area contributed by atoms with Crippen molar-refractivity contribution in [1.82, 2.24) is 0 Å². The lowest BCUT2D eigenvalue weighted by molar-refractivity contribution is -0.290. The maximum atomic E-state index is 13.6. The van der Waals surface area contributed by atoms with Gasteiger partial charge in [-0.15, -0.1) is 0 Å². The molecular formula is C27H30O16. The summed E-state index contributed by atoms with van der Waals surface area (Å²) >= 11 is 0. The lowest BCUT2D eigenvalue weighted by Crippen LogP contribution is -2.60. The van der Waals surface area contributed by atoms with Gasteiger partial charge in [-0.3, -0.25) is 4.79 Å². The highest BCUT2D eigenvalue weighted by atomic mass is 16.7. The lowest BCUT2D eigenvalue weighted by Gasteiger charge is -2.40. The standard InChI is InChI=1S/C27H30O16/c1-38-13-4-9(2-3-11(13)30)24-25(20(34)17-12(31)5-10(29)6-14(17)40-24)43-27-23(37)21(35)19(33)16(42-27)8-39-26-22(36)18(32)15(7-28)41-26/h2-6,15-16,18-19,21-23,26-33,35-37H,7-8H2,1H3/t15-,16+,18-,19+,21-,22+,23+,26+,27-/m0/s1. The molecule has 2 fully saturated rings. The van der Waals surface area contributed by atoms with Crippen molar-refractivity contribution in [3.05, 3.63) is 40.6 Å². The topological polar surface area (TPSA) is 258 Å². The predicted octanol–water partition coefficient (Wildman–Crippen LogP) is -1.77. The van der Waals surface area contributed by atoms with Crippen LogP contribution in [0.15, 0.2) is 39.5 Å². The van der Waals surface area contributed by atoms with Crippen LogP contribution >= 0.6 is 0 Å². The Bertz CT molecular complexity index is 1520. The predicted molar refractivity (Wildman–Crippen MR) is 140 cm³/mol. The first-order chi connectivity index (χ1) is 20.4. The molecular weight excluding hydrogens is 580 g/mol. The average Bonchev–Trinajstić information content (AvgIpc) is 3.25. The molecule has 2 saturated heterocycles. The number of phenols is 3. The van der Waals surface area contributed by atoms with Crippen molar-refractivity contribution in [3.63, 3.8) is 0 Å². The van der Waals surface area contributed by atoms with E-state index in [0.29, 0.717) is 0 Å². The van der Waals surface area contributed by atoms with E-state index in [1.807, 2.05) is 0 Å². The monoisotopic (exact) mass is 610 g/mol. The minimum atomic E-state index is -1.94. The first-order valence-corrected chi connectivity index (χ1v) is 13.0. The van der Waals surface area contributed by atoms with Gasteiger partial charge in [0.25, 0.3) is 0 Å². The van der Waals surface area contributed by atoms with Gasteiger partial charge in [0.05, 0.1) is 20.3 Å². The molecule has 1 aromatic heterocycles. The second-order valence-electron chi connectivity index (χ2n) is 9.99. The number of aromatic hydroxyl groups is 3. The van der Waals surface area contributed by atoms with Crippen LogP contribution in [0.1, 0.15) is 0 Å². The minimum absolute atomic E-state index is 0.0143. The molecule has 16 heteroatoms. The molecule has 0 radical (unpaired) electrons. The molecule has 43 heavy (non-hydrogen) atoms. The molecule has 0 aliphatic carbocycles. The quantitative estimate of drug-likeness (QED) is 0.137. The van der Waals surface area contributed by atoms with Gasteiger partial charge in [0.1, 0.15) is 65.2 Å². The second kappa shape index (κ2) is 12.1. The Balaban J connectivity index is 1.50. The van der Waals surface area contributed by atoms with Crippen molar-refractivity contribution in [2.75, 3.05) is 20.3 Å². The number of phenolic OH excluding ortho intramolecular Hbond substituents is 3. The number of benzene rings is 2. The summed E-state index contributed by atoms with van der Waals surface area (Å²) in [5.41, 5.74) is -1.11. The SMILES string of the molecule is COc1cc(-c2oc3cc(O)cc(O)c3c(=O)c2O[C@@H]2O[C@H](CO[C@@H]3O[C@@H](CO)[C@H](O)[C@H]3O)[C@@H](O)[C@H](O)[C@H]2O)ccc1O. The average molecular weight is 611 g/mol. The van der Waals surface area contributed by atoms with E-state index in [1.54, 1.807) is 0 Å². The van der Waals surface area contributed by atoms with Crippen LogP contribution in [-0.4, -0.2) is 122 Å². The van der Waals surface area contributed by atoms with E-state index < -0.39 is 96.6 Å². The van der Waals surface area contributed by atoms with Crippen LogP contribution in [0.3, 0.4) is 0 Å². The fraction of sp³-hybridized carbons (Fsp3) is 0.444. The van der Waals surface area contributed by atoms with Gasteiger partial charge >= 0.3 is 0 Å². The third kappa shape index (κ3) is 5.67. The zero-order chi connectivity index (χ0) is 31.2. The summed E-state index contributed by atoms with van der Waals surface area (Å²) in [6, 6.07) is 5.83. The van der Waals surface area contributed by atoms with Crippen LogP contribution in [0, 0.1) is 0 Å². The number of hydrogen-bond donors (Lipinski definition) is 9. The smallest absolute Gasteiger partial charge is 0.239 e. The van der Waals surface area contributed by atoms with Crippen molar-refractivity contribution >= 4 is 11.0 Å². The van der Waals surface area contributed by atoms with Crippen molar-refractivity contribution in [3.8, 4) is 40.1 Å². The number of fused-ring (bicyclic) bond motifs is 1. The largest absolute Gasteiger partial charge is 0.508 e. The van der Waals surface area contributed by atoms with E-state index in [2.05, 4.69) is 0 Å². The van der Waals surface area contributed by atoms with Gasteiger partial charge in [-0.2, -0.15) is 0 Å². The summed E-state index contributed by atoms with van der Waals surface area (Å²) in [7, 11) is 1.28. The Kier molecular flexibility index (Phi) is 8.66. The van der Waals surface area contributed by atoms with Crippen LogP contribution < -0.4 is 14.9 Å². The van der Waals surface area contributed by atoms with Crippen LogP contribution in [0.2, 0.25) is 0 Å². The van der Waals surface area contributed by atoms with Crippen LogP contribution in [-0.2, 0) is 14.2 Å². The third-order valence-electron chi connectivity index (χ3n) is 7.19. The highest BCUT2D eigenvalue weighted by Gasteiger charge is 2.48. The van der Waals surface area contributed by atoms with Crippen molar-refractivity contribution < 1.29 is 74.1 Å². The third-order valence-corrected chi connectivity index (χ3v) is 7.19. The number of methoxy groups -OCH3 is 1. The Morgan fingerprint density at radius 2 is 1.49 bits per heavy atom. The molecule has 0 unspecified atom stereocenters. The Morgan fingerprint density at radius 1 is 0.814 bits per heavy atom. The van der Waals surface area contributed by atoms with Crippen molar-refractivity contribution in [1.29, 1.82) is 0 Å². The Labute approximate surface area is 241 Å². The molecule has 5 rings (SSSR count). The van der Waals surface area contributed by atoms with E-state index in [-0.39, 0.29) is 28.4 Å². The molecule has 2 aliphatic rings. The van der Waals surface area contributed by atoms with E-state index in [0.717, 1.165) is 12.1 Å². The molecule has 9 N–H and O–H groups in total. The highest BCUT2D eigenvalue weighted by Crippen LogP contribution is 2.39. The Hall–Kier alpha value is -3.71. The summed E-state index contributed by atoms with van der Waals surface area (Å²) in [4.78, 5) is 13.6. The number of ether oxygens (including phenoxy) is 5. The maximum Gasteiger partial charge on any atom is 0.239 e. The second-order valence-corrected chi connectivity index (χ2v) is 9.99. The summed E-state index contributed by atoms with van der Waals surface area (Å²) < 4.78 is 32.9. The van der Waals surface area contributed by atoms with Crippen molar-refractivity contribution in [2.45, 2.75) is 55.3 Å². The van der Waals surface area contributed by atoms with Gasteiger partial charge in [-0.05, 0) is 18.2 Å². The molecule has 16 nitrogen and oxygen atoms in total. The molecule has 0 amide bonds. The molecule has 3 heterocycles. The number of hydrogen-bond acceptors (Lipinski definition) is 16. The van der Waals surface area contributed by atoms with Gasteiger partial charge in [-0.1, -0.05) is 0 Å². The molecule has 9 atom stereocenters. The summed E-state index contributed by atoms with van der Waals surface area (Å²) in [6.07, 6.45) is -14.5. The minimum Gasteiger partial charge on any atom is -0.508 e. The fourth-order valence-corrected chi connectivity index (χ4v) is 4.84. The van der Waals surface area contributed by atoms with E-state index in [9.17, 15) is 50.8 Å². The van der Waals surface area contributed by atoms with E-state index >= 15 is 0 Å². The van der Waals surface area contributed by atoms with Gasteiger partial charge in [-0.25, -0.2) is 0 Å². The molecule has 234 valence electrons. The van der Waals surface area contributed by atoms with Gasteiger partial charge in [0.2, 0.25) is 17.5 Å². The molecule has 0 spiro atoms. The van der Waals surface area contributed by atoms with Crippen LogP contribution in [0.5, 0.6) is 28.7 Å². The van der Waals surface area contributed by atoms with Crippen molar-refractivity contribution in [2.24, 2.45) is 0 Å². The molecule has 0 bridgehead atoms. The lowest BCUT2D eigenvalue weighted by atomic mass is 9.99. The normalized spacial score (nSPS) is 30.9. The fourth-order valence-electron chi connectivity index (χ4n) is 4.84. The Morgan fingerprint density at radius 3 is 2.16 bits per heavy atom. The van der Waals surface area contributed by atoms with Gasteiger partial charge < -0.3 is 74.1 Å². The highest BCUT2D eigenvalue weighted by molar-refractivity contribution is 5.88. The van der Waals surface area contributed by atoms with E-state index in [4.69, 9.17) is 28.1 Å². The first-order valence-electron chi connectivity index (χ1n) is 13.0. The summed E-state index contributed by atoms with van der Waals surface area (Å²) in [5, 5.41) is 91.0. The first kappa shape index (κ1) is 30.7. The maximum absolute atomic E-state index is 13.6. The van der Waals surface area contributed by atoms with Crippen LogP contribution in [0.25, 0.3) is 22.3 Å². The van der Waals surface area contributed by atoms with Gasteiger partial charge in [0, 0.05) is 17.7 Å². The number of aliphatic hydroxyl groups excluding tert-OH is 6. The molecule has 2 aromatic carbocycles. The molecule has 0 saturated carbocycles. The summed E-state index contributed by atoms with van der Waals surface area (Å²) in [6.45, 7) is -1.19. The van der Waals surface area contributed by atoms with Gasteiger partial charge in [0.15, 0.2) is 23.5 Å². The molecule has 3 aromatic rings. The van der Waals surface area contributed by atoms with Crippen LogP contribution in [0.4, 0.5) is 0 Å². The zero-order valence-electron chi connectivity index (χ0n) is 22.4. The summed E-state index contributed by atoms with van der Waals surface area (Å²) in [5.74, 6) is -2.27. The zero-order valence-corrected chi connectivity index (χ0v) is 22.4.